The molecule has 1 aliphatic heterocycles. The van der Waals surface area contributed by atoms with E-state index in [1.54, 1.807) is 11.8 Å². The quantitative estimate of drug-likeness (QED) is 0.764. The molecular weight excluding hydrogens is 304 g/mol. The van der Waals surface area contributed by atoms with Crippen LogP contribution in [-0.4, -0.2) is 59.4 Å². The molecule has 1 saturated heterocycles. The zero-order valence-corrected chi connectivity index (χ0v) is 15.5. The Morgan fingerprint density at radius 3 is 2.57 bits per heavy atom. The normalized spacial score (nSPS) is 17.9. The van der Waals surface area contributed by atoms with Crippen LogP contribution in [0.5, 0.6) is 0 Å². The Labute approximate surface area is 145 Å². The lowest BCUT2D eigenvalue weighted by molar-refractivity contribution is -0.133. The van der Waals surface area contributed by atoms with Crippen molar-refractivity contribution in [3.8, 4) is 0 Å². The van der Waals surface area contributed by atoms with Gasteiger partial charge < -0.3 is 9.80 Å². The van der Waals surface area contributed by atoms with E-state index in [0.717, 1.165) is 44.6 Å². The van der Waals surface area contributed by atoms with Gasteiger partial charge in [-0.25, -0.2) is 0 Å². The number of carbonyl (C=O) groups excluding carboxylic acids is 1. The maximum Gasteiger partial charge on any atom is 0.235 e. The van der Waals surface area contributed by atoms with Crippen LogP contribution >= 0.6 is 11.8 Å². The highest BCUT2D eigenvalue weighted by molar-refractivity contribution is 8.00. The summed E-state index contributed by atoms with van der Waals surface area (Å²) in [5.41, 5.74) is 1.31. The summed E-state index contributed by atoms with van der Waals surface area (Å²) in [6.07, 6.45) is 3.14. The number of hydrogen-bond donors (Lipinski definition) is 0. The molecule has 1 atom stereocenters. The van der Waals surface area contributed by atoms with Crippen molar-refractivity contribution in [1.82, 2.24) is 9.80 Å². The third kappa shape index (κ3) is 5.54. The molecule has 0 radical (unpaired) electrons. The number of thioether (sulfide) groups is 1. The molecule has 1 fully saturated rings. The Morgan fingerprint density at radius 2 is 1.96 bits per heavy atom. The predicted octanol–water partition coefficient (Wildman–Crippen LogP) is 3.29. The third-order valence-electron chi connectivity index (χ3n) is 4.66. The van der Waals surface area contributed by atoms with Crippen molar-refractivity contribution in [3.05, 3.63) is 35.9 Å². The second-order valence-corrected chi connectivity index (χ2v) is 8.02. The van der Waals surface area contributed by atoms with Gasteiger partial charge in [-0.05, 0) is 57.6 Å². The molecule has 128 valence electrons. The highest BCUT2D eigenvalue weighted by Gasteiger charge is 2.29. The maximum atomic E-state index is 12.9. The van der Waals surface area contributed by atoms with E-state index in [-0.39, 0.29) is 5.25 Å². The molecule has 0 bridgehead atoms. The second kappa shape index (κ2) is 9.33. The molecule has 0 spiro atoms. The maximum absolute atomic E-state index is 12.9. The number of likely N-dealkylation sites (tertiary alicyclic amines) is 1. The van der Waals surface area contributed by atoms with Crippen molar-refractivity contribution in [2.75, 3.05) is 32.4 Å². The number of nitrogens with zero attached hydrogens (tertiary/aromatic N) is 2. The van der Waals surface area contributed by atoms with E-state index in [2.05, 4.69) is 55.0 Å². The first-order chi connectivity index (χ1) is 11.1. The number of piperidine rings is 1. The van der Waals surface area contributed by atoms with Crippen molar-refractivity contribution < 1.29 is 4.79 Å². The van der Waals surface area contributed by atoms with Gasteiger partial charge in [-0.2, -0.15) is 0 Å². The third-order valence-corrected chi connectivity index (χ3v) is 5.70. The lowest BCUT2D eigenvalue weighted by Crippen LogP contribution is -2.49. The van der Waals surface area contributed by atoms with Gasteiger partial charge in [0.25, 0.3) is 0 Å². The molecule has 4 heteroatoms. The van der Waals surface area contributed by atoms with Gasteiger partial charge in [0.2, 0.25) is 5.91 Å². The van der Waals surface area contributed by atoms with Crippen LogP contribution in [0, 0.1) is 0 Å². The topological polar surface area (TPSA) is 23.6 Å². The number of benzene rings is 1. The van der Waals surface area contributed by atoms with Crippen LogP contribution in [0.1, 0.15) is 32.3 Å². The monoisotopic (exact) mass is 334 g/mol. The van der Waals surface area contributed by atoms with E-state index < -0.39 is 0 Å². The molecule has 2 rings (SSSR count). The summed E-state index contributed by atoms with van der Waals surface area (Å²) >= 11 is 1.75. The summed E-state index contributed by atoms with van der Waals surface area (Å²) < 4.78 is 0. The molecule has 1 aromatic rings. The fourth-order valence-corrected chi connectivity index (χ4v) is 4.01. The number of rotatable bonds is 7. The Balaban J connectivity index is 2.02. The van der Waals surface area contributed by atoms with Gasteiger partial charge in [-0.1, -0.05) is 37.3 Å². The fraction of sp³-hybridized carbons (Fsp3) is 0.632. The van der Waals surface area contributed by atoms with E-state index in [1.807, 2.05) is 6.07 Å². The van der Waals surface area contributed by atoms with Gasteiger partial charge in [0, 0.05) is 12.6 Å². The van der Waals surface area contributed by atoms with Crippen molar-refractivity contribution >= 4 is 17.7 Å². The Morgan fingerprint density at radius 1 is 1.30 bits per heavy atom. The first-order valence-electron chi connectivity index (χ1n) is 8.76. The molecule has 23 heavy (non-hydrogen) atoms. The highest BCUT2D eigenvalue weighted by Crippen LogP contribution is 2.21. The molecule has 1 aromatic carbocycles. The zero-order valence-electron chi connectivity index (χ0n) is 14.7. The SMILES string of the molecule is CCS[C@@H](C)C(=O)N(CCc1ccccc1)C1CCN(C)CC1. The summed E-state index contributed by atoms with van der Waals surface area (Å²) in [4.78, 5) is 17.5. The molecule has 0 N–H and O–H groups in total. The number of carbonyl (C=O) groups is 1. The predicted molar refractivity (Wildman–Crippen MR) is 100.0 cm³/mol. The van der Waals surface area contributed by atoms with Gasteiger partial charge in [-0.15, -0.1) is 11.8 Å². The summed E-state index contributed by atoms with van der Waals surface area (Å²) in [5, 5.41) is 0.0652. The summed E-state index contributed by atoms with van der Waals surface area (Å²) in [7, 11) is 2.17. The Bertz CT molecular complexity index is 472. The van der Waals surface area contributed by atoms with Crippen LogP contribution in [-0.2, 0) is 11.2 Å². The minimum atomic E-state index is 0.0652. The first-order valence-corrected chi connectivity index (χ1v) is 9.81. The van der Waals surface area contributed by atoms with Crippen LogP contribution in [0.25, 0.3) is 0 Å². The van der Waals surface area contributed by atoms with Crippen molar-refractivity contribution in [2.45, 2.75) is 44.4 Å². The molecule has 0 saturated carbocycles. The smallest absolute Gasteiger partial charge is 0.235 e. The molecular formula is C19H30N2OS. The lowest BCUT2D eigenvalue weighted by atomic mass is 10.0. The second-order valence-electron chi connectivity index (χ2n) is 6.40. The summed E-state index contributed by atoms with van der Waals surface area (Å²) in [6.45, 7) is 7.20. The first kappa shape index (κ1) is 18.3. The van der Waals surface area contributed by atoms with Crippen LogP contribution in [0.3, 0.4) is 0 Å². The van der Waals surface area contributed by atoms with Crippen molar-refractivity contribution in [1.29, 1.82) is 0 Å². The fourth-order valence-electron chi connectivity index (χ4n) is 3.23. The molecule has 1 aliphatic rings. The van der Waals surface area contributed by atoms with E-state index in [9.17, 15) is 4.79 Å². The Kier molecular flexibility index (Phi) is 7.44. The van der Waals surface area contributed by atoms with Crippen LogP contribution in [0.15, 0.2) is 30.3 Å². The molecule has 0 unspecified atom stereocenters. The van der Waals surface area contributed by atoms with Crippen molar-refractivity contribution in [3.63, 3.8) is 0 Å². The summed E-state index contributed by atoms with van der Waals surface area (Å²) in [6, 6.07) is 10.9. The molecule has 1 heterocycles. The molecule has 0 aliphatic carbocycles. The minimum absolute atomic E-state index is 0.0652. The van der Waals surface area contributed by atoms with E-state index in [4.69, 9.17) is 0 Å². The number of hydrogen-bond acceptors (Lipinski definition) is 3. The van der Waals surface area contributed by atoms with Gasteiger partial charge in [-0.3, -0.25) is 4.79 Å². The standard InChI is InChI=1S/C19H30N2OS/c1-4-23-16(2)19(22)21(18-11-13-20(3)14-12-18)15-10-17-8-6-5-7-9-17/h5-9,16,18H,4,10-15H2,1-3H3/t16-/m0/s1. The minimum Gasteiger partial charge on any atom is -0.338 e. The zero-order chi connectivity index (χ0) is 16.7. The molecule has 0 aromatic heterocycles. The van der Waals surface area contributed by atoms with Gasteiger partial charge in [0.1, 0.15) is 0 Å². The highest BCUT2D eigenvalue weighted by atomic mass is 32.2. The van der Waals surface area contributed by atoms with Gasteiger partial charge in [0.15, 0.2) is 0 Å². The van der Waals surface area contributed by atoms with E-state index in [1.165, 1.54) is 5.56 Å². The van der Waals surface area contributed by atoms with Crippen LogP contribution in [0.4, 0.5) is 0 Å². The lowest BCUT2D eigenvalue weighted by Gasteiger charge is -2.38. The molecule has 3 nitrogen and oxygen atoms in total. The number of amides is 1. The van der Waals surface area contributed by atoms with E-state index >= 15 is 0 Å². The largest absolute Gasteiger partial charge is 0.338 e. The van der Waals surface area contributed by atoms with Crippen molar-refractivity contribution in [2.24, 2.45) is 0 Å². The average Bonchev–Trinajstić information content (AvgIpc) is 2.57. The van der Waals surface area contributed by atoms with E-state index in [0.29, 0.717) is 11.9 Å². The Hall–Kier alpha value is -1.00. The van der Waals surface area contributed by atoms with Gasteiger partial charge >= 0.3 is 0 Å². The van der Waals surface area contributed by atoms with Crippen LogP contribution in [0.2, 0.25) is 0 Å². The average molecular weight is 335 g/mol. The molecule has 1 amide bonds. The van der Waals surface area contributed by atoms with Gasteiger partial charge in [0.05, 0.1) is 5.25 Å². The summed E-state index contributed by atoms with van der Waals surface area (Å²) in [5.74, 6) is 1.31. The van der Waals surface area contributed by atoms with Crippen LogP contribution < -0.4 is 0 Å².